The number of H-pyrrole nitrogens is 1. The summed E-state index contributed by atoms with van der Waals surface area (Å²) in [6.45, 7) is 2.60. The maximum atomic E-state index is 12.3. The van der Waals surface area contributed by atoms with Gasteiger partial charge in [0.15, 0.2) is 5.65 Å². The van der Waals surface area contributed by atoms with Crippen LogP contribution in [0.4, 0.5) is 0 Å². The molecule has 0 saturated carbocycles. The number of hydrogen-bond donors (Lipinski definition) is 1. The van der Waals surface area contributed by atoms with Crippen LogP contribution in [0.3, 0.4) is 0 Å². The molecule has 4 rings (SSSR count). The van der Waals surface area contributed by atoms with E-state index in [-0.39, 0.29) is 5.91 Å². The zero-order valence-electron chi connectivity index (χ0n) is 16.6. The van der Waals surface area contributed by atoms with Crippen LogP contribution in [0.5, 0.6) is 5.75 Å². The van der Waals surface area contributed by atoms with Crippen molar-refractivity contribution in [3.05, 3.63) is 66.4 Å². The van der Waals surface area contributed by atoms with Crippen LogP contribution in [0, 0.1) is 0 Å². The summed E-state index contributed by atoms with van der Waals surface area (Å²) in [6, 6.07) is 17.5. The molecule has 2 aromatic carbocycles. The lowest BCUT2D eigenvalue weighted by Crippen LogP contribution is -2.21. The lowest BCUT2D eigenvalue weighted by Gasteiger charge is -2.11. The molecule has 0 unspecified atom stereocenters. The van der Waals surface area contributed by atoms with Gasteiger partial charge >= 0.3 is 0 Å². The molecule has 0 atom stereocenters. The van der Waals surface area contributed by atoms with Gasteiger partial charge in [-0.2, -0.15) is 5.10 Å². The summed E-state index contributed by atoms with van der Waals surface area (Å²) in [6.07, 6.45) is 1.78. The van der Waals surface area contributed by atoms with Gasteiger partial charge in [-0.15, -0.1) is 0 Å². The molecule has 0 saturated heterocycles. The van der Waals surface area contributed by atoms with E-state index in [0.29, 0.717) is 17.8 Å². The van der Waals surface area contributed by atoms with Gasteiger partial charge in [-0.3, -0.25) is 9.89 Å². The van der Waals surface area contributed by atoms with Crippen LogP contribution in [0.2, 0.25) is 0 Å². The summed E-state index contributed by atoms with van der Waals surface area (Å²) in [5.41, 5.74) is 5.07. The average molecular weight is 386 g/mol. The molecule has 29 heavy (non-hydrogen) atoms. The Bertz CT molecular complexity index is 1160. The summed E-state index contributed by atoms with van der Waals surface area (Å²) in [4.78, 5) is 18.4. The Labute approximate surface area is 169 Å². The van der Waals surface area contributed by atoms with E-state index in [9.17, 15) is 4.79 Å². The molecule has 1 amide bonds. The van der Waals surface area contributed by atoms with Crippen molar-refractivity contribution < 1.29 is 9.53 Å². The van der Waals surface area contributed by atoms with Crippen LogP contribution < -0.4 is 4.74 Å². The zero-order valence-corrected chi connectivity index (χ0v) is 16.6. The Morgan fingerprint density at radius 3 is 2.55 bits per heavy atom. The van der Waals surface area contributed by atoms with Crippen molar-refractivity contribution in [1.82, 2.24) is 20.1 Å². The topological polar surface area (TPSA) is 71.1 Å². The minimum Gasteiger partial charge on any atom is -0.494 e. The number of ether oxygens (including phenoxy) is 1. The standard InChI is InChI=1S/C23H22N4O2/c1-4-29-19-10-8-15(9-11-19)21-20-13-18(14-24-22(20)26-25-21)16-6-5-7-17(12-16)23(28)27(2)3/h5-14H,4H2,1-3H3,(H,24,25,26). The minimum atomic E-state index is -0.0284. The molecule has 6 nitrogen and oxygen atoms in total. The highest BCUT2D eigenvalue weighted by Gasteiger charge is 2.13. The molecule has 2 aromatic heterocycles. The van der Waals surface area contributed by atoms with Crippen LogP contribution in [0.1, 0.15) is 17.3 Å². The van der Waals surface area contributed by atoms with Gasteiger partial charge in [-0.05, 0) is 55.0 Å². The molecule has 0 spiro atoms. The monoisotopic (exact) mass is 386 g/mol. The number of nitrogens with one attached hydrogen (secondary N) is 1. The third-order valence-corrected chi connectivity index (χ3v) is 4.71. The first-order valence-corrected chi connectivity index (χ1v) is 9.46. The number of aromatic nitrogens is 3. The second kappa shape index (κ2) is 7.75. The fraction of sp³-hybridized carbons (Fsp3) is 0.174. The average Bonchev–Trinajstić information content (AvgIpc) is 3.17. The van der Waals surface area contributed by atoms with Crippen LogP contribution in [0.15, 0.2) is 60.8 Å². The zero-order chi connectivity index (χ0) is 20.4. The molecule has 2 heterocycles. The van der Waals surface area contributed by atoms with E-state index in [1.165, 1.54) is 0 Å². The molecule has 1 N–H and O–H groups in total. The number of fused-ring (bicyclic) bond motifs is 1. The summed E-state index contributed by atoms with van der Waals surface area (Å²) in [5, 5.41) is 8.35. The van der Waals surface area contributed by atoms with E-state index in [4.69, 9.17) is 4.74 Å². The summed E-state index contributed by atoms with van der Waals surface area (Å²) in [5.74, 6) is 0.806. The molecular formula is C23H22N4O2. The van der Waals surface area contributed by atoms with Crippen molar-refractivity contribution in [2.45, 2.75) is 6.92 Å². The molecule has 146 valence electrons. The van der Waals surface area contributed by atoms with Gasteiger partial charge in [0.25, 0.3) is 5.91 Å². The van der Waals surface area contributed by atoms with E-state index in [0.717, 1.165) is 33.5 Å². The fourth-order valence-electron chi connectivity index (χ4n) is 3.25. The Kier molecular flexibility index (Phi) is 4.99. The van der Waals surface area contributed by atoms with Crippen molar-refractivity contribution >= 4 is 16.9 Å². The van der Waals surface area contributed by atoms with Crippen molar-refractivity contribution in [1.29, 1.82) is 0 Å². The number of hydrogen-bond acceptors (Lipinski definition) is 4. The van der Waals surface area contributed by atoms with E-state index in [1.807, 2.05) is 55.5 Å². The molecule has 6 heteroatoms. The maximum Gasteiger partial charge on any atom is 0.253 e. The largest absolute Gasteiger partial charge is 0.494 e. The molecule has 0 aliphatic rings. The molecule has 4 aromatic rings. The summed E-state index contributed by atoms with van der Waals surface area (Å²) < 4.78 is 5.52. The third kappa shape index (κ3) is 3.69. The second-order valence-electron chi connectivity index (χ2n) is 6.93. The van der Waals surface area contributed by atoms with Crippen LogP contribution in [-0.4, -0.2) is 46.7 Å². The van der Waals surface area contributed by atoms with E-state index in [1.54, 1.807) is 25.2 Å². The van der Waals surface area contributed by atoms with Crippen molar-refractivity contribution in [2.24, 2.45) is 0 Å². The fourth-order valence-corrected chi connectivity index (χ4v) is 3.25. The Hall–Kier alpha value is -3.67. The molecule has 0 radical (unpaired) electrons. The lowest BCUT2D eigenvalue weighted by atomic mass is 10.0. The first-order chi connectivity index (χ1) is 14.1. The molecule has 0 aliphatic heterocycles. The first-order valence-electron chi connectivity index (χ1n) is 9.46. The van der Waals surface area contributed by atoms with E-state index >= 15 is 0 Å². The first kappa shape index (κ1) is 18.7. The number of nitrogens with zero attached hydrogens (tertiary/aromatic N) is 3. The molecule has 0 bridgehead atoms. The second-order valence-corrected chi connectivity index (χ2v) is 6.93. The van der Waals surface area contributed by atoms with Crippen molar-refractivity contribution in [3.63, 3.8) is 0 Å². The normalized spacial score (nSPS) is 10.9. The molecular weight excluding hydrogens is 364 g/mol. The Morgan fingerprint density at radius 2 is 1.83 bits per heavy atom. The number of amides is 1. The lowest BCUT2D eigenvalue weighted by molar-refractivity contribution is 0.0827. The van der Waals surface area contributed by atoms with Gasteiger partial charge in [0.05, 0.1) is 12.3 Å². The van der Waals surface area contributed by atoms with Gasteiger partial charge < -0.3 is 9.64 Å². The number of carbonyl (C=O) groups excluding carboxylic acids is 1. The number of benzene rings is 2. The predicted octanol–water partition coefficient (Wildman–Crippen LogP) is 4.39. The predicted molar refractivity (Wildman–Crippen MR) is 114 cm³/mol. The van der Waals surface area contributed by atoms with Gasteiger partial charge in [-0.1, -0.05) is 12.1 Å². The number of carbonyl (C=O) groups is 1. The van der Waals surface area contributed by atoms with Gasteiger partial charge in [0, 0.05) is 42.4 Å². The smallest absolute Gasteiger partial charge is 0.253 e. The number of pyridine rings is 1. The van der Waals surface area contributed by atoms with Crippen LogP contribution >= 0.6 is 0 Å². The SMILES string of the molecule is CCOc1ccc(-c2[nH]nc3ncc(-c4cccc(C(=O)N(C)C)c4)cc23)cc1. The third-order valence-electron chi connectivity index (χ3n) is 4.71. The molecule has 0 aliphatic carbocycles. The molecule has 0 fully saturated rings. The number of aromatic amines is 1. The van der Waals surface area contributed by atoms with E-state index in [2.05, 4.69) is 21.2 Å². The minimum absolute atomic E-state index is 0.0284. The number of rotatable bonds is 5. The summed E-state index contributed by atoms with van der Waals surface area (Å²) >= 11 is 0. The Balaban J connectivity index is 1.74. The maximum absolute atomic E-state index is 12.3. The van der Waals surface area contributed by atoms with Gasteiger partial charge in [-0.25, -0.2) is 4.98 Å². The Morgan fingerprint density at radius 1 is 1.03 bits per heavy atom. The van der Waals surface area contributed by atoms with Crippen molar-refractivity contribution in [3.8, 4) is 28.1 Å². The van der Waals surface area contributed by atoms with Crippen LogP contribution in [0.25, 0.3) is 33.4 Å². The van der Waals surface area contributed by atoms with Gasteiger partial charge in [0.2, 0.25) is 0 Å². The van der Waals surface area contributed by atoms with Crippen LogP contribution in [-0.2, 0) is 0 Å². The van der Waals surface area contributed by atoms with Crippen molar-refractivity contribution in [2.75, 3.05) is 20.7 Å². The highest BCUT2D eigenvalue weighted by Crippen LogP contribution is 2.30. The van der Waals surface area contributed by atoms with E-state index < -0.39 is 0 Å². The highest BCUT2D eigenvalue weighted by atomic mass is 16.5. The van der Waals surface area contributed by atoms with Gasteiger partial charge in [0.1, 0.15) is 5.75 Å². The highest BCUT2D eigenvalue weighted by molar-refractivity contribution is 5.96. The quantitative estimate of drug-likeness (QED) is 0.552. The summed E-state index contributed by atoms with van der Waals surface area (Å²) in [7, 11) is 3.49.